The summed E-state index contributed by atoms with van der Waals surface area (Å²) in [7, 11) is 0. The normalized spacial score (nSPS) is 19.9. The van der Waals surface area contributed by atoms with Crippen molar-refractivity contribution < 1.29 is 22.3 Å². The molecule has 0 radical (unpaired) electrons. The zero-order valence-corrected chi connectivity index (χ0v) is 16.8. The van der Waals surface area contributed by atoms with E-state index in [0.717, 1.165) is 36.5 Å². The Labute approximate surface area is 170 Å². The van der Waals surface area contributed by atoms with Gasteiger partial charge in [-0.3, -0.25) is 0 Å². The van der Waals surface area contributed by atoms with Crippen LogP contribution in [0, 0.1) is 17.6 Å². The lowest BCUT2D eigenvalue weighted by Crippen LogP contribution is -2.22. The first kappa shape index (κ1) is 21.7. The fourth-order valence-corrected chi connectivity index (χ4v) is 4.16. The number of hydrogen-bond acceptors (Lipinski definition) is 1. The quantitative estimate of drug-likeness (QED) is 0.318. The van der Waals surface area contributed by atoms with Crippen LogP contribution in [0.25, 0.3) is 0 Å². The maximum absolute atomic E-state index is 14.4. The molecule has 0 atom stereocenters. The number of hydrogen-bond donors (Lipinski definition) is 0. The van der Waals surface area contributed by atoms with Crippen LogP contribution in [0.4, 0.5) is 17.6 Å². The van der Waals surface area contributed by atoms with Crippen LogP contribution in [0.5, 0.6) is 5.75 Å². The Morgan fingerprint density at radius 3 is 2.21 bits per heavy atom. The molecule has 0 aliphatic heterocycles. The summed E-state index contributed by atoms with van der Waals surface area (Å²) in [6.07, 6.45) is 6.10. The van der Waals surface area contributed by atoms with E-state index in [4.69, 9.17) is 0 Å². The molecule has 5 heteroatoms. The van der Waals surface area contributed by atoms with E-state index >= 15 is 0 Å². The van der Waals surface area contributed by atoms with Gasteiger partial charge in [0.2, 0.25) is 0 Å². The summed E-state index contributed by atoms with van der Waals surface area (Å²) in [5.41, 5.74) is 0.767. The molecular formula is C24H28F4O. The molecule has 3 rings (SSSR count). The van der Waals surface area contributed by atoms with Crippen LogP contribution < -0.4 is 4.74 Å². The maximum Gasteiger partial charge on any atom is 0.426 e. The third kappa shape index (κ3) is 5.74. The van der Waals surface area contributed by atoms with E-state index < -0.39 is 23.5 Å². The molecule has 1 nitrogen and oxygen atoms in total. The summed E-state index contributed by atoms with van der Waals surface area (Å²) in [6, 6.07) is 8.57. The molecular weight excluding hydrogens is 380 g/mol. The monoisotopic (exact) mass is 408 g/mol. The third-order valence-corrected chi connectivity index (χ3v) is 5.92. The molecule has 0 aromatic heterocycles. The number of unbranched alkanes of at least 4 members (excludes halogenated alkanes) is 2. The Morgan fingerprint density at radius 1 is 0.897 bits per heavy atom. The van der Waals surface area contributed by atoms with Crippen molar-refractivity contribution in [2.75, 3.05) is 0 Å². The van der Waals surface area contributed by atoms with Gasteiger partial charge in [-0.2, -0.15) is 8.78 Å². The zero-order valence-electron chi connectivity index (χ0n) is 16.8. The predicted molar refractivity (Wildman–Crippen MR) is 106 cm³/mol. The van der Waals surface area contributed by atoms with Gasteiger partial charge in [-0.25, -0.2) is 8.78 Å². The van der Waals surface area contributed by atoms with Gasteiger partial charge in [0.25, 0.3) is 0 Å². The van der Waals surface area contributed by atoms with Crippen LogP contribution >= 0.6 is 0 Å². The molecule has 0 spiro atoms. The van der Waals surface area contributed by atoms with Gasteiger partial charge in [-0.05, 0) is 67.3 Å². The van der Waals surface area contributed by atoms with Crippen molar-refractivity contribution in [2.45, 2.75) is 70.3 Å². The second-order valence-electron chi connectivity index (χ2n) is 8.03. The average molecular weight is 408 g/mol. The SMILES string of the molecule is CCCCC[C@H]1CC[C@H](c2ccc(C(F)(F)Oc3ccc(F)c(F)c3)cc2)CC1. The molecule has 0 bridgehead atoms. The molecule has 29 heavy (non-hydrogen) atoms. The lowest BCUT2D eigenvalue weighted by Gasteiger charge is -2.29. The number of rotatable bonds is 8. The molecule has 0 N–H and O–H groups in total. The van der Waals surface area contributed by atoms with Gasteiger partial charge >= 0.3 is 6.11 Å². The molecule has 0 unspecified atom stereocenters. The number of benzene rings is 2. The van der Waals surface area contributed by atoms with Crippen LogP contribution in [-0.2, 0) is 6.11 Å². The first-order valence-corrected chi connectivity index (χ1v) is 10.5. The number of alkyl halides is 2. The summed E-state index contributed by atoms with van der Waals surface area (Å²) in [4.78, 5) is 0. The molecule has 1 aliphatic carbocycles. The average Bonchev–Trinajstić information content (AvgIpc) is 2.71. The highest BCUT2D eigenvalue weighted by molar-refractivity contribution is 5.30. The molecule has 158 valence electrons. The highest BCUT2D eigenvalue weighted by atomic mass is 19.3. The number of ether oxygens (including phenoxy) is 1. The van der Waals surface area contributed by atoms with Crippen molar-refractivity contribution in [2.24, 2.45) is 5.92 Å². The largest absolute Gasteiger partial charge is 0.429 e. The van der Waals surface area contributed by atoms with Crippen LogP contribution in [0.2, 0.25) is 0 Å². The summed E-state index contributed by atoms with van der Waals surface area (Å²) in [5, 5.41) is 0. The highest BCUT2D eigenvalue weighted by Crippen LogP contribution is 2.39. The van der Waals surface area contributed by atoms with E-state index in [1.165, 1.54) is 50.7 Å². The first-order valence-electron chi connectivity index (χ1n) is 10.5. The predicted octanol–water partition coefficient (Wildman–Crippen LogP) is 7.95. The lowest BCUT2D eigenvalue weighted by atomic mass is 9.77. The Bertz CT molecular complexity index is 780. The summed E-state index contributed by atoms with van der Waals surface area (Å²) in [6.45, 7) is 2.22. The fourth-order valence-electron chi connectivity index (χ4n) is 4.16. The van der Waals surface area contributed by atoms with E-state index in [1.54, 1.807) is 12.1 Å². The Kier molecular flexibility index (Phi) is 7.20. The molecule has 0 saturated heterocycles. The molecule has 0 amide bonds. The molecule has 2 aromatic rings. The van der Waals surface area contributed by atoms with E-state index in [9.17, 15) is 17.6 Å². The van der Waals surface area contributed by atoms with Crippen LogP contribution in [0.15, 0.2) is 42.5 Å². The van der Waals surface area contributed by atoms with Gasteiger partial charge in [-0.15, -0.1) is 0 Å². The van der Waals surface area contributed by atoms with Gasteiger partial charge in [0.05, 0.1) is 5.56 Å². The van der Waals surface area contributed by atoms with Gasteiger partial charge in [0.15, 0.2) is 11.6 Å². The summed E-state index contributed by atoms with van der Waals surface area (Å²) < 4.78 is 59.6. The molecule has 2 aromatic carbocycles. The topological polar surface area (TPSA) is 9.23 Å². The third-order valence-electron chi connectivity index (χ3n) is 5.92. The maximum atomic E-state index is 14.4. The molecule has 1 saturated carbocycles. The van der Waals surface area contributed by atoms with Gasteiger partial charge < -0.3 is 4.74 Å². The number of halogens is 4. The summed E-state index contributed by atoms with van der Waals surface area (Å²) in [5.74, 6) is -1.54. The van der Waals surface area contributed by atoms with E-state index in [2.05, 4.69) is 11.7 Å². The lowest BCUT2D eigenvalue weighted by molar-refractivity contribution is -0.185. The Hall–Kier alpha value is -2.04. The van der Waals surface area contributed by atoms with Crippen molar-refractivity contribution in [3.63, 3.8) is 0 Å². The van der Waals surface area contributed by atoms with Crippen molar-refractivity contribution in [1.82, 2.24) is 0 Å². The zero-order chi connectivity index (χ0) is 20.9. The Balaban J connectivity index is 1.58. The Morgan fingerprint density at radius 2 is 1.59 bits per heavy atom. The van der Waals surface area contributed by atoms with E-state index in [1.807, 2.05) is 0 Å². The second-order valence-corrected chi connectivity index (χ2v) is 8.03. The van der Waals surface area contributed by atoms with E-state index in [0.29, 0.717) is 12.0 Å². The van der Waals surface area contributed by atoms with Crippen LogP contribution in [-0.4, -0.2) is 0 Å². The van der Waals surface area contributed by atoms with Crippen LogP contribution in [0.3, 0.4) is 0 Å². The van der Waals surface area contributed by atoms with Gasteiger partial charge in [-0.1, -0.05) is 44.7 Å². The minimum Gasteiger partial charge on any atom is -0.429 e. The fraction of sp³-hybridized carbons (Fsp3) is 0.500. The minimum absolute atomic E-state index is 0.306. The van der Waals surface area contributed by atoms with Crippen molar-refractivity contribution >= 4 is 0 Å². The second kappa shape index (κ2) is 9.64. The molecule has 1 fully saturated rings. The van der Waals surface area contributed by atoms with Crippen molar-refractivity contribution in [1.29, 1.82) is 0 Å². The van der Waals surface area contributed by atoms with Crippen molar-refractivity contribution in [3.05, 3.63) is 65.2 Å². The first-order chi connectivity index (χ1) is 13.9. The summed E-state index contributed by atoms with van der Waals surface area (Å²) >= 11 is 0. The van der Waals surface area contributed by atoms with E-state index in [-0.39, 0.29) is 5.56 Å². The molecule has 1 aliphatic rings. The van der Waals surface area contributed by atoms with Gasteiger partial charge in [0.1, 0.15) is 5.75 Å². The highest BCUT2D eigenvalue weighted by Gasteiger charge is 2.35. The van der Waals surface area contributed by atoms with Gasteiger partial charge in [0, 0.05) is 6.07 Å². The van der Waals surface area contributed by atoms with Crippen molar-refractivity contribution in [3.8, 4) is 5.75 Å². The molecule has 0 heterocycles. The smallest absolute Gasteiger partial charge is 0.426 e. The van der Waals surface area contributed by atoms with Crippen LogP contribution in [0.1, 0.15) is 75.3 Å². The minimum atomic E-state index is -3.63. The standard InChI is InChI=1S/C24H28F4O/c1-2-3-4-5-17-6-8-18(9-7-17)19-10-12-20(13-11-19)24(27,28)29-21-14-15-22(25)23(26)16-21/h10-18H,2-9H2,1H3/t17-,18-.